The van der Waals surface area contributed by atoms with E-state index in [1.54, 1.807) is 12.1 Å². The first-order chi connectivity index (χ1) is 6.06. The summed E-state index contributed by atoms with van der Waals surface area (Å²) < 4.78 is 5.02. The molecule has 0 aliphatic rings. The Labute approximate surface area is 78.1 Å². The van der Waals surface area contributed by atoms with Gasteiger partial charge in [0.2, 0.25) is 0 Å². The van der Waals surface area contributed by atoms with Crippen molar-refractivity contribution in [3.8, 4) is 5.75 Å². The van der Waals surface area contributed by atoms with Gasteiger partial charge in [-0.15, -0.1) is 0 Å². The number of rotatable bonds is 2. The number of ether oxygens (including phenoxy) is 1. The molecular formula is C9H13BO3. The van der Waals surface area contributed by atoms with Crippen LogP contribution >= 0.6 is 0 Å². The molecule has 0 aromatic heterocycles. The molecule has 2 N–H and O–H groups in total. The zero-order valence-electron chi connectivity index (χ0n) is 8.03. The fourth-order valence-electron chi connectivity index (χ4n) is 1.19. The minimum Gasteiger partial charge on any atom is -0.497 e. The summed E-state index contributed by atoms with van der Waals surface area (Å²) in [5.74, 6) is 0.512. The Morgan fingerprint density at radius 1 is 1.15 bits per heavy atom. The van der Waals surface area contributed by atoms with Gasteiger partial charge in [-0.1, -0.05) is 6.07 Å². The average Bonchev–Trinajstić information content (AvgIpc) is 2.08. The van der Waals surface area contributed by atoms with E-state index >= 15 is 0 Å². The summed E-state index contributed by atoms with van der Waals surface area (Å²) in [7, 11) is 0.0324. The molecule has 4 heteroatoms. The molecule has 0 aliphatic carbocycles. The first-order valence-electron chi connectivity index (χ1n) is 4.07. The first-order valence-corrected chi connectivity index (χ1v) is 4.07. The monoisotopic (exact) mass is 180 g/mol. The Morgan fingerprint density at radius 2 is 1.69 bits per heavy atom. The molecule has 1 aromatic carbocycles. The van der Waals surface area contributed by atoms with Crippen molar-refractivity contribution in [2.24, 2.45) is 0 Å². The molecular weight excluding hydrogens is 167 g/mol. The van der Waals surface area contributed by atoms with Crippen LogP contribution in [0.25, 0.3) is 0 Å². The molecule has 0 saturated heterocycles. The Morgan fingerprint density at radius 3 is 2.15 bits per heavy atom. The molecule has 0 spiro atoms. The van der Waals surface area contributed by atoms with Gasteiger partial charge in [-0.25, -0.2) is 0 Å². The van der Waals surface area contributed by atoms with Crippen molar-refractivity contribution >= 4 is 12.6 Å². The maximum Gasteiger partial charge on any atom is 0.492 e. The Hall–Kier alpha value is -0.995. The highest BCUT2D eigenvalue weighted by Crippen LogP contribution is 2.14. The molecule has 0 radical (unpaired) electrons. The number of benzene rings is 1. The number of aryl methyl sites for hydroxylation is 2. The van der Waals surface area contributed by atoms with Crippen molar-refractivity contribution in [2.45, 2.75) is 13.8 Å². The van der Waals surface area contributed by atoms with Crippen molar-refractivity contribution in [1.82, 2.24) is 0 Å². The van der Waals surface area contributed by atoms with Crippen LogP contribution in [0.15, 0.2) is 12.1 Å². The van der Waals surface area contributed by atoms with E-state index in [0.29, 0.717) is 11.2 Å². The standard InChI is InChI=1S/C9H13BO3/c1-6-4-8(10(11)12)9(13-3)5-7(6)2/h4-5,11-12H,1-3H3. The van der Waals surface area contributed by atoms with Crippen molar-refractivity contribution in [3.63, 3.8) is 0 Å². The third kappa shape index (κ3) is 2.02. The van der Waals surface area contributed by atoms with Crippen LogP contribution in [0.5, 0.6) is 5.75 Å². The lowest BCUT2D eigenvalue weighted by atomic mass is 9.78. The normalized spacial score (nSPS) is 9.92. The summed E-state index contributed by atoms with van der Waals surface area (Å²) in [6.07, 6.45) is 0. The van der Waals surface area contributed by atoms with E-state index < -0.39 is 7.12 Å². The van der Waals surface area contributed by atoms with Crippen LogP contribution in [-0.2, 0) is 0 Å². The molecule has 70 valence electrons. The minimum absolute atomic E-state index is 0.408. The lowest BCUT2D eigenvalue weighted by Gasteiger charge is -2.10. The zero-order valence-corrected chi connectivity index (χ0v) is 8.03. The topological polar surface area (TPSA) is 49.7 Å². The molecule has 1 aromatic rings. The first kappa shape index (κ1) is 10.1. The Kier molecular flexibility index (Phi) is 2.96. The lowest BCUT2D eigenvalue weighted by Crippen LogP contribution is -2.31. The summed E-state index contributed by atoms with van der Waals surface area (Å²) in [5, 5.41) is 18.1. The maximum absolute atomic E-state index is 9.03. The molecule has 3 nitrogen and oxygen atoms in total. The molecule has 0 bridgehead atoms. The van der Waals surface area contributed by atoms with Crippen LogP contribution in [0.3, 0.4) is 0 Å². The molecule has 0 heterocycles. The second-order valence-corrected chi connectivity index (χ2v) is 3.05. The van der Waals surface area contributed by atoms with Gasteiger partial charge >= 0.3 is 7.12 Å². The van der Waals surface area contributed by atoms with Gasteiger partial charge in [0, 0.05) is 5.46 Å². The van der Waals surface area contributed by atoms with E-state index in [1.165, 1.54) is 7.11 Å². The van der Waals surface area contributed by atoms with Gasteiger partial charge in [0.05, 0.1) is 7.11 Å². The molecule has 1 rings (SSSR count). The predicted octanol–water partition coefficient (Wildman–Crippen LogP) is -0.00816. The minimum atomic E-state index is -1.48. The van der Waals surface area contributed by atoms with Gasteiger partial charge in [-0.05, 0) is 31.0 Å². The SMILES string of the molecule is COc1cc(C)c(C)cc1B(O)O. The summed E-state index contributed by atoms with van der Waals surface area (Å²) >= 11 is 0. The smallest absolute Gasteiger partial charge is 0.492 e. The fraction of sp³-hybridized carbons (Fsp3) is 0.333. The third-order valence-electron chi connectivity index (χ3n) is 2.12. The summed E-state index contributed by atoms with van der Waals surface area (Å²) in [4.78, 5) is 0. The Balaban J connectivity index is 3.25. The van der Waals surface area contributed by atoms with E-state index in [0.717, 1.165) is 11.1 Å². The number of hydrogen-bond acceptors (Lipinski definition) is 3. The fourth-order valence-corrected chi connectivity index (χ4v) is 1.19. The van der Waals surface area contributed by atoms with Gasteiger partial charge in [-0.2, -0.15) is 0 Å². The average molecular weight is 180 g/mol. The second-order valence-electron chi connectivity index (χ2n) is 3.05. The van der Waals surface area contributed by atoms with Crippen LogP contribution < -0.4 is 10.2 Å². The quantitative estimate of drug-likeness (QED) is 0.629. The van der Waals surface area contributed by atoms with Crippen LogP contribution in [0.2, 0.25) is 0 Å². The van der Waals surface area contributed by atoms with Gasteiger partial charge in [0.25, 0.3) is 0 Å². The van der Waals surface area contributed by atoms with E-state index in [4.69, 9.17) is 14.8 Å². The lowest BCUT2D eigenvalue weighted by molar-refractivity contribution is 0.403. The van der Waals surface area contributed by atoms with Crippen molar-refractivity contribution in [2.75, 3.05) is 7.11 Å². The molecule has 0 amide bonds. The highest BCUT2D eigenvalue weighted by molar-refractivity contribution is 6.59. The predicted molar refractivity (Wildman–Crippen MR) is 52.3 cm³/mol. The number of methoxy groups -OCH3 is 1. The second kappa shape index (κ2) is 3.81. The molecule has 0 unspecified atom stereocenters. The van der Waals surface area contributed by atoms with Crippen LogP contribution in [0.4, 0.5) is 0 Å². The molecule has 13 heavy (non-hydrogen) atoms. The third-order valence-corrected chi connectivity index (χ3v) is 2.12. The van der Waals surface area contributed by atoms with Crippen LogP contribution in [-0.4, -0.2) is 24.3 Å². The van der Waals surface area contributed by atoms with Gasteiger partial charge in [0.1, 0.15) is 5.75 Å². The highest BCUT2D eigenvalue weighted by Gasteiger charge is 2.17. The summed E-state index contributed by atoms with van der Waals surface area (Å²) in [6, 6.07) is 3.52. The zero-order chi connectivity index (χ0) is 10.0. The van der Waals surface area contributed by atoms with E-state index in [-0.39, 0.29) is 0 Å². The molecule has 0 aliphatic heterocycles. The van der Waals surface area contributed by atoms with Gasteiger partial charge in [-0.3, -0.25) is 0 Å². The molecule has 0 saturated carbocycles. The van der Waals surface area contributed by atoms with Crippen LogP contribution in [0.1, 0.15) is 11.1 Å². The van der Waals surface area contributed by atoms with E-state index in [2.05, 4.69) is 0 Å². The van der Waals surface area contributed by atoms with Crippen molar-refractivity contribution < 1.29 is 14.8 Å². The van der Waals surface area contributed by atoms with E-state index in [9.17, 15) is 0 Å². The number of hydrogen-bond donors (Lipinski definition) is 2. The summed E-state index contributed by atoms with van der Waals surface area (Å²) in [5.41, 5.74) is 2.50. The highest BCUT2D eigenvalue weighted by atomic mass is 16.5. The molecule has 0 fully saturated rings. The van der Waals surface area contributed by atoms with Crippen LogP contribution in [0, 0.1) is 13.8 Å². The maximum atomic E-state index is 9.03. The largest absolute Gasteiger partial charge is 0.497 e. The van der Waals surface area contributed by atoms with E-state index in [1.807, 2.05) is 13.8 Å². The molecule has 0 atom stereocenters. The van der Waals surface area contributed by atoms with Gasteiger partial charge < -0.3 is 14.8 Å². The summed E-state index contributed by atoms with van der Waals surface area (Å²) in [6.45, 7) is 3.87. The van der Waals surface area contributed by atoms with Gasteiger partial charge in [0.15, 0.2) is 0 Å². The Bertz CT molecular complexity index is 310. The van der Waals surface area contributed by atoms with Crippen molar-refractivity contribution in [3.05, 3.63) is 23.3 Å². The van der Waals surface area contributed by atoms with Crippen molar-refractivity contribution in [1.29, 1.82) is 0 Å².